The Kier molecular flexibility index (Phi) is 8.57. The highest BCUT2D eigenvalue weighted by atomic mass is 32.2. The normalized spacial score (nSPS) is 15.0. The molecular formula is C8H20O2S. The van der Waals surface area contributed by atoms with E-state index in [1.807, 2.05) is 6.92 Å². The Morgan fingerprint density at radius 2 is 1.82 bits per heavy atom. The minimum atomic E-state index is -0.570. The van der Waals surface area contributed by atoms with Crippen LogP contribution in [0.5, 0.6) is 0 Å². The standard InChI is InChI=1S/C8H20O2S/c1-4-7-8-10-11(6-3)9-5-2/h11H,4-8H2,1-3H3. The van der Waals surface area contributed by atoms with Gasteiger partial charge in [0.15, 0.2) is 0 Å². The maximum atomic E-state index is 5.51. The molecular weight excluding hydrogens is 160 g/mol. The molecule has 0 radical (unpaired) electrons. The van der Waals surface area contributed by atoms with Crippen molar-refractivity contribution in [3.8, 4) is 0 Å². The quantitative estimate of drug-likeness (QED) is 0.479. The zero-order chi connectivity index (χ0) is 8.53. The van der Waals surface area contributed by atoms with Gasteiger partial charge < -0.3 is 0 Å². The molecule has 0 aromatic carbocycles. The van der Waals surface area contributed by atoms with Crippen LogP contribution in [0, 0.1) is 0 Å². The first-order valence-corrected chi connectivity index (χ1v) is 5.74. The van der Waals surface area contributed by atoms with E-state index in [-0.39, 0.29) is 0 Å². The fourth-order valence-electron chi connectivity index (χ4n) is 0.675. The molecule has 0 aromatic rings. The molecule has 0 spiro atoms. The summed E-state index contributed by atoms with van der Waals surface area (Å²) in [7, 11) is 0. The van der Waals surface area contributed by atoms with E-state index in [4.69, 9.17) is 8.37 Å². The average Bonchev–Trinajstić information content (AvgIpc) is 2.03. The van der Waals surface area contributed by atoms with Crippen LogP contribution >= 0.6 is 11.5 Å². The van der Waals surface area contributed by atoms with Gasteiger partial charge in [0.05, 0.1) is 13.2 Å². The maximum absolute atomic E-state index is 5.51. The third kappa shape index (κ3) is 6.66. The molecule has 0 N–H and O–H groups in total. The highest BCUT2D eigenvalue weighted by Gasteiger charge is 1.95. The van der Waals surface area contributed by atoms with E-state index in [9.17, 15) is 0 Å². The average molecular weight is 180 g/mol. The largest absolute Gasteiger partial charge is 0.287 e. The summed E-state index contributed by atoms with van der Waals surface area (Å²) in [4.78, 5) is 0. The van der Waals surface area contributed by atoms with Crippen LogP contribution in [0.25, 0.3) is 0 Å². The number of rotatable bonds is 7. The van der Waals surface area contributed by atoms with Gasteiger partial charge in [-0.1, -0.05) is 13.3 Å². The minimum Gasteiger partial charge on any atom is -0.287 e. The fourth-order valence-corrected chi connectivity index (χ4v) is 1.73. The molecule has 70 valence electrons. The lowest BCUT2D eigenvalue weighted by atomic mass is 10.4. The third-order valence-electron chi connectivity index (χ3n) is 1.26. The number of hydrogen-bond acceptors (Lipinski definition) is 2. The second kappa shape index (κ2) is 8.37. The lowest BCUT2D eigenvalue weighted by Crippen LogP contribution is -1.98. The molecule has 0 bridgehead atoms. The van der Waals surface area contributed by atoms with Gasteiger partial charge in [0.2, 0.25) is 0 Å². The second-order valence-corrected chi connectivity index (χ2v) is 4.07. The van der Waals surface area contributed by atoms with Crippen LogP contribution < -0.4 is 0 Å². The predicted molar refractivity (Wildman–Crippen MR) is 52.0 cm³/mol. The second-order valence-electron chi connectivity index (χ2n) is 2.25. The molecule has 0 aliphatic rings. The van der Waals surface area contributed by atoms with E-state index in [0.717, 1.165) is 25.4 Å². The molecule has 0 fully saturated rings. The number of unbranched alkanes of at least 4 members (excludes halogenated alkanes) is 1. The fraction of sp³-hybridized carbons (Fsp3) is 1.00. The molecule has 0 aromatic heterocycles. The van der Waals surface area contributed by atoms with Gasteiger partial charge >= 0.3 is 0 Å². The van der Waals surface area contributed by atoms with E-state index < -0.39 is 11.5 Å². The minimum absolute atomic E-state index is 0.570. The van der Waals surface area contributed by atoms with Crippen molar-refractivity contribution in [1.82, 2.24) is 0 Å². The highest BCUT2D eigenvalue weighted by molar-refractivity contribution is 8.08. The summed E-state index contributed by atoms with van der Waals surface area (Å²) in [5.41, 5.74) is 0. The van der Waals surface area contributed by atoms with E-state index >= 15 is 0 Å². The lowest BCUT2D eigenvalue weighted by molar-refractivity contribution is 0.278. The Bertz CT molecular complexity index is 78.5. The van der Waals surface area contributed by atoms with Crippen molar-refractivity contribution in [3.63, 3.8) is 0 Å². The van der Waals surface area contributed by atoms with Crippen molar-refractivity contribution >= 4 is 11.5 Å². The Morgan fingerprint density at radius 3 is 2.27 bits per heavy atom. The molecule has 1 atom stereocenters. The van der Waals surface area contributed by atoms with Crippen molar-refractivity contribution < 1.29 is 8.37 Å². The monoisotopic (exact) mass is 180 g/mol. The topological polar surface area (TPSA) is 18.5 Å². The van der Waals surface area contributed by atoms with E-state index in [0.29, 0.717) is 0 Å². The number of thiol groups is 1. The summed E-state index contributed by atoms with van der Waals surface area (Å²) < 4.78 is 10.9. The van der Waals surface area contributed by atoms with E-state index in [1.54, 1.807) is 0 Å². The summed E-state index contributed by atoms with van der Waals surface area (Å²) in [6.07, 6.45) is 2.34. The molecule has 2 nitrogen and oxygen atoms in total. The molecule has 1 unspecified atom stereocenters. The van der Waals surface area contributed by atoms with Crippen LogP contribution in [0.3, 0.4) is 0 Å². The van der Waals surface area contributed by atoms with E-state index in [2.05, 4.69) is 13.8 Å². The summed E-state index contributed by atoms with van der Waals surface area (Å²) in [5, 5.41) is 0. The van der Waals surface area contributed by atoms with Gasteiger partial charge in [-0.3, -0.25) is 8.37 Å². The van der Waals surface area contributed by atoms with E-state index in [1.165, 1.54) is 6.42 Å². The number of hydrogen-bond donors (Lipinski definition) is 1. The van der Waals surface area contributed by atoms with Crippen LogP contribution in [0.4, 0.5) is 0 Å². The van der Waals surface area contributed by atoms with Crippen molar-refractivity contribution in [2.75, 3.05) is 19.0 Å². The van der Waals surface area contributed by atoms with Crippen LogP contribution in [0.2, 0.25) is 0 Å². The van der Waals surface area contributed by atoms with Crippen molar-refractivity contribution in [1.29, 1.82) is 0 Å². The molecule has 3 heteroatoms. The smallest absolute Gasteiger partial charge is 0.0711 e. The molecule has 0 saturated heterocycles. The first-order valence-electron chi connectivity index (χ1n) is 4.38. The molecule has 11 heavy (non-hydrogen) atoms. The van der Waals surface area contributed by atoms with Crippen LogP contribution in [0.1, 0.15) is 33.6 Å². The molecule has 0 aliphatic carbocycles. The Morgan fingerprint density at radius 1 is 1.09 bits per heavy atom. The SMILES string of the molecule is CCCCO[SH](CC)OCC. The van der Waals surface area contributed by atoms with Gasteiger partial charge in [0, 0.05) is 5.75 Å². The Balaban J connectivity index is 3.20. The molecule has 0 saturated carbocycles. The van der Waals surface area contributed by atoms with Crippen molar-refractivity contribution in [3.05, 3.63) is 0 Å². The van der Waals surface area contributed by atoms with Gasteiger partial charge in [-0.05, 0) is 20.3 Å². The Hall–Kier alpha value is 0.270. The highest BCUT2D eigenvalue weighted by Crippen LogP contribution is 2.27. The Labute approximate surface area is 73.0 Å². The predicted octanol–water partition coefficient (Wildman–Crippen LogP) is 2.69. The first kappa shape index (κ1) is 11.3. The lowest BCUT2D eigenvalue weighted by Gasteiger charge is -2.22. The van der Waals surface area contributed by atoms with Crippen molar-refractivity contribution in [2.45, 2.75) is 33.6 Å². The maximum Gasteiger partial charge on any atom is 0.0711 e. The first-order chi connectivity index (χ1) is 5.35. The van der Waals surface area contributed by atoms with Crippen LogP contribution in [-0.4, -0.2) is 19.0 Å². The molecule has 0 rings (SSSR count). The van der Waals surface area contributed by atoms with Crippen LogP contribution in [0.15, 0.2) is 0 Å². The summed E-state index contributed by atoms with van der Waals surface area (Å²) in [6.45, 7) is 7.90. The molecule has 0 amide bonds. The van der Waals surface area contributed by atoms with Crippen LogP contribution in [-0.2, 0) is 8.37 Å². The van der Waals surface area contributed by atoms with Gasteiger partial charge in [-0.2, -0.15) is 0 Å². The summed E-state index contributed by atoms with van der Waals surface area (Å²) in [5.74, 6) is 1.01. The van der Waals surface area contributed by atoms with Gasteiger partial charge in [0.25, 0.3) is 0 Å². The summed E-state index contributed by atoms with van der Waals surface area (Å²) in [6, 6.07) is 0. The van der Waals surface area contributed by atoms with Gasteiger partial charge in [-0.15, -0.1) is 0 Å². The molecule has 0 heterocycles. The zero-order valence-electron chi connectivity index (χ0n) is 7.80. The van der Waals surface area contributed by atoms with Gasteiger partial charge in [0.1, 0.15) is 0 Å². The van der Waals surface area contributed by atoms with Gasteiger partial charge in [-0.25, -0.2) is 11.5 Å². The zero-order valence-corrected chi connectivity index (χ0v) is 8.69. The molecule has 0 aliphatic heterocycles. The third-order valence-corrected chi connectivity index (χ3v) is 2.80. The summed E-state index contributed by atoms with van der Waals surface area (Å²) >= 11 is -0.570. The van der Waals surface area contributed by atoms with Crippen molar-refractivity contribution in [2.24, 2.45) is 0 Å².